The first kappa shape index (κ1) is 15.5. The van der Waals surface area contributed by atoms with Crippen LogP contribution in [-0.2, 0) is 13.1 Å². The Hall–Kier alpha value is -1.91. The van der Waals surface area contributed by atoms with E-state index in [2.05, 4.69) is 34.4 Å². The molecule has 2 aromatic rings. The molecule has 0 saturated carbocycles. The Morgan fingerprint density at radius 2 is 2.10 bits per heavy atom. The van der Waals surface area contributed by atoms with Gasteiger partial charge in [0.05, 0.1) is 5.69 Å². The number of benzene rings is 1. The predicted molar refractivity (Wildman–Crippen MR) is 85.3 cm³/mol. The molecular weight excluding hydrogens is 262 g/mol. The van der Waals surface area contributed by atoms with Crippen LogP contribution in [0.5, 0.6) is 5.75 Å². The Labute approximate surface area is 126 Å². The summed E-state index contributed by atoms with van der Waals surface area (Å²) in [6, 6.07) is 14.2. The fourth-order valence-corrected chi connectivity index (χ4v) is 2.12. The van der Waals surface area contributed by atoms with Gasteiger partial charge >= 0.3 is 0 Å². The summed E-state index contributed by atoms with van der Waals surface area (Å²) in [5.41, 5.74) is 2.31. The monoisotopic (exact) mass is 285 g/mol. The maximum Gasteiger partial charge on any atom is 0.119 e. The van der Waals surface area contributed by atoms with Crippen molar-refractivity contribution in [3.05, 3.63) is 59.9 Å². The zero-order valence-electron chi connectivity index (χ0n) is 12.7. The molecule has 0 fully saturated rings. The fraction of sp³-hybridized carbons (Fsp3) is 0.353. The molecule has 1 N–H and O–H groups in total. The molecule has 0 atom stereocenters. The van der Waals surface area contributed by atoms with E-state index in [1.54, 1.807) is 0 Å². The lowest BCUT2D eigenvalue weighted by Gasteiger charge is -2.16. The molecule has 0 spiro atoms. The molecule has 21 heavy (non-hydrogen) atoms. The number of nitrogens with zero attached hydrogens (tertiary/aromatic N) is 2. The van der Waals surface area contributed by atoms with Crippen molar-refractivity contribution < 1.29 is 4.74 Å². The molecule has 1 aromatic heterocycles. The first-order valence-electron chi connectivity index (χ1n) is 7.22. The predicted octanol–water partition coefficient (Wildman–Crippen LogP) is 2.31. The van der Waals surface area contributed by atoms with Gasteiger partial charge in [-0.25, -0.2) is 0 Å². The van der Waals surface area contributed by atoms with E-state index in [0.717, 1.165) is 31.1 Å². The van der Waals surface area contributed by atoms with E-state index in [1.165, 1.54) is 5.56 Å². The molecular formula is C17H23N3O. The van der Waals surface area contributed by atoms with E-state index in [4.69, 9.17) is 4.74 Å². The number of hydrogen-bond acceptors (Lipinski definition) is 4. The zero-order chi connectivity index (χ0) is 14.9. The quantitative estimate of drug-likeness (QED) is 0.807. The smallest absolute Gasteiger partial charge is 0.119 e. The van der Waals surface area contributed by atoms with Gasteiger partial charge in [0.25, 0.3) is 0 Å². The highest BCUT2D eigenvalue weighted by Gasteiger charge is 2.02. The van der Waals surface area contributed by atoms with Crippen LogP contribution >= 0.6 is 0 Å². The molecule has 1 aromatic carbocycles. The van der Waals surface area contributed by atoms with Crippen LogP contribution < -0.4 is 10.1 Å². The third-order valence-electron chi connectivity index (χ3n) is 3.18. The number of ether oxygens (including phenoxy) is 1. The molecule has 112 valence electrons. The third-order valence-corrected chi connectivity index (χ3v) is 3.18. The highest BCUT2D eigenvalue weighted by molar-refractivity contribution is 5.28. The van der Waals surface area contributed by atoms with E-state index in [1.807, 2.05) is 43.6 Å². The van der Waals surface area contributed by atoms with Gasteiger partial charge in [-0.2, -0.15) is 0 Å². The molecule has 0 saturated heterocycles. The number of aromatic nitrogens is 1. The van der Waals surface area contributed by atoms with Gasteiger partial charge in [0, 0.05) is 25.8 Å². The highest BCUT2D eigenvalue weighted by Crippen LogP contribution is 2.13. The summed E-state index contributed by atoms with van der Waals surface area (Å²) in [7, 11) is 4.02. The van der Waals surface area contributed by atoms with Gasteiger partial charge in [0.1, 0.15) is 12.4 Å². The SMILES string of the molecule is CNCc1cccc(OCCN(C)Cc2ccccn2)c1. The van der Waals surface area contributed by atoms with E-state index in [0.29, 0.717) is 6.61 Å². The van der Waals surface area contributed by atoms with Crippen LogP contribution in [0.15, 0.2) is 48.7 Å². The molecule has 0 aliphatic heterocycles. The Morgan fingerprint density at radius 1 is 1.19 bits per heavy atom. The number of pyridine rings is 1. The Balaban J connectivity index is 1.74. The molecule has 0 radical (unpaired) electrons. The van der Waals surface area contributed by atoms with Crippen molar-refractivity contribution in [2.75, 3.05) is 27.2 Å². The van der Waals surface area contributed by atoms with Crippen molar-refractivity contribution >= 4 is 0 Å². The Bertz CT molecular complexity index is 531. The topological polar surface area (TPSA) is 37.4 Å². The average molecular weight is 285 g/mol. The lowest BCUT2D eigenvalue weighted by atomic mass is 10.2. The molecule has 0 bridgehead atoms. The van der Waals surface area contributed by atoms with Crippen molar-refractivity contribution in [3.8, 4) is 5.75 Å². The van der Waals surface area contributed by atoms with Gasteiger partial charge in [-0.3, -0.25) is 9.88 Å². The van der Waals surface area contributed by atoms with Crippen LogP contribution in [0.2, 0.25) is 0 Å². The second-order valence-electron chi connectivity index (χ2n) is 5.09. The van der Waals surface area contributed by atoms with Crippen LogP contribution in [0.25, 0.3) is 0 Å². The molecule has 1 heterocycles. The lowest BCUT2D eigenvalue weighted by Crippen LogP contribution is -2.24. The molecule has 4 heteroatoms. The minimum absolute atomic E-state index is 0.673. The van der Waals surface area contributed by atoms with Gasteiger partial charge in [-0.1, -0.05) is 18.2 Å². The molecule has 4 nitrogen and oxygen atoms in total. The first-order chi connectivity index (χ1) is 10.3. The second kappa shape index (κ2) is 8.39. The van der Waals surface area contributed by atoms with Crippen LogP contribution in [0.4, 0.5) is 0 Å². The summed E-state index contributed by atoms with van der Waals surface area (Å²) in [5.74, 6) is 0.925. The summed E-state index contributed by atoms with van der Waals surface area (Å²) in [4.78, 5) is 6.54. The molecule has 2 rings (SSSR count). The third kappa shape index (κ3) is 5.53. The van der Waals surface area contributed by atoms with E-state index >= 15 is 0 Å². The lowest BCUT2D eigenvalue weighted by molar-refractivity contribution is 0.231. The maximum absolute atomic E-state index is 5.81. The fourth-order valence-electron chi connectivity index (χ4n) is 2.12. The molecule has 0 unspecified atom stereocenters. The second-order valence-corrected chi connectivity index (χ2v) is 5.09. The Morgan fingerprint density at radius 3 is 2.86 bits per heavy atom. The van der Waals surface area contributed by atoms with Crippen LogP contribution in [0, 0.1) is 0 Å². The van der Waals surface area contributed by atoms with Gasteiger partial charge in [-0.15, -0.1) is 0 Å². The summed E-state index contributed by atoms with van der Waals surface area (Å²) in [5, 5.41) is 3.14. The maximum atomic E-state index is 5.81. The van der Waals surface area contributed by atoms with Gasteiger partial charge in [0.15, 0.2) is 0 Å². The molecule has 0 aliphatic rings. The van der Waals surface area contributed by atoms with Crippen LogP contribution in [0.3, 0.4) is 0 Å². The number of rotatable bonds is 8. The minimum Gasteiger partial charge on any atom is -0.492 e. The van der Waals surface area contributed by atoms with Crippen molar-refractivity contribution in [2.24, 2.45) is 0 Å². The summed E-state index contributed by atoms with van der Waals surface area (Å²) < 4.78 is 5.81. The number of likely N-dealkylation sites (N-methyl/N-ethyl adjacent to an activating group) is 1. The van der Waals surface area contributed by atoms with E-state index < -0.39 is 0 Å². The van der Waals surface area contributed by atoms with Gasteiger partial charge in [0.2, 0.25) is 0 Å². The van der Waals surface area contributed by atoms with Crippen LogP contribution in [0.1, 0.15) is 11.3 Å². The van der Waals surface area contributed by atoms with E-state index in [9.17, 15) is 0 Å². The summed E-state index contributed by atoms with van der Waals surface area (Å²) >= 11 is 0. The largest absolute Gasteiger partial charge is 0.492 e. The van der Waals surface area contributed by atoms with E-state index in [-0.39, 0.29) is 0 Å². The average Bonchev–Trinajstić information content (AvgIpc) is 2.49. The summed E-state index contributed by atoms with van der Waals surface area (Å²) in [6.07, 6.45) is 1.83. The Kier molecular flexibility index (Phi) is 6.19. The number of hydrogen-bond donors (Lipinski definition) is 1. The van der Waals surface area contributed by atoms with Crippen molar-refractivity contribution in [1.29, 1.82) is 0 Å². The number of nitrogens with one attached hydrogen (secondary N) is 1. The van der Waals surface area contributed by atoms with Gasteiger partial charge < -0.3 is 10.1 Å². The highest BCUT2D eigenvalue weighted by atomic mass is 16.5. The van der Waals surface area contributed by atoms with Gasteiger partial charge in [-0.05, 0) is 43.9 Å². The van der Waals surface area contributed by atoms with Crippen molar-refractivity contribution in [2.45, 2.75) is 13.1 Å². The van der Waals surface area contributed by atoms with Crippen LogP contribution in [-0.4, -0.2) is 37.1 Å². The molecule has 0 amide bonds. The normalized spacial score (nSPS) is 10.8. The molecule has 0 aliphatic carbocycles. The zero-order valence-corrected chi connectivity index (χ0v) is 12.7. The summed E-state index contributed by atoms with van der Waals surface area (Å²) in [6.45, 7) is 3.24. The minimum atomic E-state index is 0.673. The first-order valence-corrected chi connectivity index (χ1v) is 7.22. The van der Waals surface area contributed by atoms with Crippen molar-refractivity contribution in [1.82, 2.24) is 15.2 Å². The standard InChI is InChI=1S/C17H23N3O/c1-18-13-15-6-5-8-17(12-15)21-11-10-20(2)14-16-7-3-4-9-19-16/h3-9,12,18H,10-11,13-14H2,1-2H3. The van der Waals surface area contributed by atoms with Crippen molar-refractivity contribution in [3.63, 3.8) is 0 Å².